The molecule has 0 saturated heterocycles. The SMILES string of the molecule is Cc1cc(C)cc(C(=O)CCc2ccnn2C)c1. The molecule has 0 unspecified atom stereocenters. The predicted octanol–water partition coefficient (Wildman–Crippen LogP) is 2.85. The van der Waals surface area contributed by atoms with Gasteiger partial charge in [0.1, 0.15) is 0 Å². The molecule has 0 aliphatic heterocycles. The predicted molar refractivity (Wildman–Crippen MR) is 71.8 cm³/mol. The molecule has 1 aromatic carbocycles. The van der Waals surface area contributed by atoms with Crippen molar-refractivity contribution in [2.24, 2.45) is 7.05 Å². The van der Waals surface area contributed by atoms with Gasteiger partial charge in [0.15, 0.2) is 5.78 Å². The maximum atomic E-state index is 12.1. The molecule has 0 atom stereocenters. The van der Waals surface area contributed by atoms with Gasteiger partial charge in [-0.3, -0.25) is 9.48 Å². The van der Waals surface area contributed by atoms with Crippen LogP contribution in [0, 0.1) is 13.8 Å². The number of benzene rings is 1. The highest BCUT2D eigenvalue weighted by Gasteiger charge is 2.08. The maximum Gasteiger partial charge on any atom is 0.163 e. The Balaban J connectivity index is 2.06. The van der Waals surface area contributed by atoms with Gasteiger partial charge < -0.3 is 0 Å². The fourth-order valence-electron chi connectivity index (χ4n) is 2.17. The van der Waals surface area contributed by atoms with Gasteiger partial charge in [0.05, 0.1) is 0 Å². The fourth-order valence-corrected chi connectivity index (χ4v) is 2.17. The van der Waals surface area contributed by atoms with Crippen LogP contribution in [0.2, 0.25) is 0 Å². The van der Waals surface area contributed by atoms with Crippen LogP contribution in [-0.2, 0) is 13.5 Å². The van der Waals surface area contributed by atoms with Gasteiger partial charge in [0.25, 0.3) is 0 Å². The van der Waals surface area contributed by atoms with Crippen molar-refractivity contribution in [3.63, 3.8) is 0 Å². The van der Waals surface area contributed by atoms with Crippen LogP contribution in [0.4, 0.5) is 0 Å². The van der Waals surface area contributed by atoms with E-state index in [1.165, 1.54) is 0 Å². The van der Waals surface area contributed by atoms with Crippen molar-refractivity contribution in [3.8, 4) is 0 Å². The lowest BCUT2D eigenvalue weighted by molar-refractivity contribution is 0.0982. The summed E-state index contributed by atoms with van der Waals surface area (Å²) in [6.45, 7) is 4.04. The second kappa shape index (κ2) is 5.17. The fraction of sp³-hybridized carbons (Fsp3) is 0.333. The number of aryl methyl sites for hydroxylation is 4. The summed E-state index contributed by atoms with van der Waals surface area (Å²) in [6.07, 6.45) is 3.03. The average molecular weight is 242 g/mol. The number of hydrogen-bond donors (Lipinski definition) is 0. The molecule has 3 heteroatoms. The monoisotopic (exact) mass is 242 g/mol. The third-order valence-corrected chi connectivity index (χ3v) is 3.07. The van der Waals surface area contributed by atoms with E-state index in [0.29, 0.717) is 6.42 Å². The standard InChI is InChI=1S/C15H18N2O/c1-11-8-12(2)10-13(9-11)15(18)5-4-14-6-7-16-17(14)3/h6-10H,4-5H2,1-3H3. The zero-order valence-electron chi connectivity index (χ0n) is 11.1. The first-order chi connectivity index (χ1) is 8.56. The first-order valence-corrected chi connectivity index (χ1v) is 6.14. The Bertz CT molecular complexity index is 549. The van der Waals surface area contributed by atoms with Crippen molar-refractivity contribution in [1.29, 1.82) is 0 Å². The summed E-state index contributed by atoms with van der Waals surface area (Å²) in [4.78, 5) is 12.1. The molecule has 0 N–H and O–H groups in total. The third-order valence-electron chi connectivity index (χ3n) is 3.07. The van der Waals surface area contributed by atoms with E-state index in [1.54, 1.807) is 6.20 Å². The molecule has 0 fully saturated rings. The molecule has 18 heavy (non-hydrogen) atoms. The van der Waals surface area contributed by atoms with Crippen LogP contribution in [0.5, 0.6) is 0 Å². The second-order valence-electron chi connectivity index (χ2n) is 4.75. The highest BCUT2D eigenvalue weighted by atomic mass is 16.1. The first kappa shape index (κ1) is 12.6. The zero-order valence-corrected chi connectivity index (χ0v) is 11.1. The third kappa shape index (κ3) is 2.86. The second-order valence-corrected chi connectivity index (χ2v) is 4.75. The van der Waals surface area contributed by atoms with Crippen molar-refractivity contribution in [2.45, 2.75) is 26.7 Å². The van der Waals surface area contributed by atoms with Crippen LogP contribution >= 0.6 is 0 Å². The Morgan fingerprint density at radius 3 is 2.44 bits per heavy atom. The van der Waals surface area contributed by atoms with Gasteiger partial charge in [-0.05, 0) is 38.5 Å². The van der Waals surface area contributed by atoms with E-state index < -0.39 is 0 Å². The molecule has 0 saturated carbocycles. The van der Waals surface area contributed by atoms with Crippen molar-refractivity contribution in [3.05, 3.63) is 52.8 Å². The number of ketones is 1. The summed E-state index contributed by atoms with van der Waals surface area (Å²) in [5, 5.41) is 4.10. The molecule has 0 spiro atoms. The number of aromatic nitrogens is 2. The molecule has 3 nitrogen and oxygen atoms in total. The molecular weight excluding hydrogens is 224 g/mol. The van der Waals surface area contributed by atoms with E-state index in [-0.39, 0.29) is 5.78 Å². The first-order valence-electron chi connectivity index (χ1n) is 6.14. The number of Topliss-reactive ketones (excluding diaryl/α,β-unsaturated/α-hetero) is 1. The highest BCUT2D eigenvalue weighted by molar-refractivity contribution is 5.96. The van der Waals surface area contributed by atoms with Crippen LogP contribution in [-0.4, -0.2) is 15.6 Å². The van der Waals surface area contributed by atoms with E-state index in [9.17, 15) is 4.79 Å². The van der Waals surface area contributed by atoms with Gasteiger partial charge in [0.2, 0.25) is 0 Å². The maximum absolute atomic E-state index is 12.1. The summed E-state index contributed by atoms with van der Waals surface area (Å²) in [5.74, 6) is 0.197. The summed E-state index contributed by atoms with van der Waals surface area (Å²) < 4.78 is 1.81. The van der Waals surface area contributed by atoms with Crippen LogP contribution in [0.1, 0.15) is 33.6 Å². The molecule has 1 aromatic heterocycles. The molecule has 94 valence electrons. The molecule has 0 radical (unpaired) electrons. The number of rotatable bonds is 4. The van der Waals surface area contributed by atoms with Gasteiger partial charge in [-0.1, -0.05) is 17.2 Å². The Kier molecular flexibility index (Phi) is 3.60. The number of carbonyl (C=O) groups excluding carboxylic acids is 1. The van der Waals surface area contributed by atoms with Gasteiger partial charge in [-0.15, -0.1) is 0 Å². The summed E-state index contributed by atoms with van der Waals surface area (Å²) in [7, 11) is 1.90. The van der Waals surface area contributed by atoms with E-state index >= 15 is 0 Å². The molecule has 0 aliphatic carbocycles. The minimum absolute atomic E-state index is 0.197. The van der Waals surface area contributed by atoms with Crippen molar-refractivity contribution >= 4 is 5.78 Å². The highest BCUT2D eigenvalue weighted by Crippen LogP contribution is 2.12. The Morgan fingerprint density at radius 2 is 1.89 bits per heavy atom. The van der Waals surface area contributed by atoms with Gasteiger partial charge >= 0.3 is 0 Å². The van der Waals surface area contributed by atoms with Gasteiger partial charge in [-0.2, -0.15) is 5.10 Å². The number of carbonyl (C=O) groups is 1. The number of nitrogens with zero attached hydrogens (tertiary/aromatic N) is 2. The minimum atomic E-state index is 0.197. The molecule has 0 aliphatic rings. The molecule has 1 heterocycles. The van der Waals surface area contributed by atoms with Crippen LogP contribution in [0.3, 0.4) is 0 Å². The molecule has 2 rings (SSSR count). The van der Waals surface area contributed by atoms with E-state index in [0.717, 1.165) is 28.8 Å². The summed E-state index contributed by atoms with van der Waals surface area (Å²) >= 11 is 0. The largest absolute Gasteiger partial charge is 0.294 e. The van der Waals surface area contributed by atoms with E-state index in [1.807, 2.05) is 43.8 Å². The summed E-state index contributed by atoms with van der Waals surface area (Å²) in [6, 6.07) is 7.95. The molecule has 2 aromatic rings. The van der Waals surface area contributed by atoms with Crippen molar-refractivity contribution in [1.82, 2.24) is 9.78 Å². The zero-order chi connectivity index (χ0) is 13.1. The molecule has 0 bridgehead atoms. The minimum Gasteiger partial charge on any atom is -0.294 e. The molecule has 0 amide bonds. The topological polar surface area (TPSA) is 34.9 Å². The Hall–Kier alpha value is -1.90. The lowest BCUT2D eigenvalue weighted by Crippen LogP contribution is -2.05. The van der Waals surface area contributed by atoms with E-state index in [2.05, 4.69) is 11.2 Å². The Morgan fingerprint density at radius 1 is 1.22 bits per heavy atom. The number of hydrogen-bond acceptors (Lipinski definition) is 2. The smallest absolute Gasteiger partial charge is 0.163 e. The summed E-state index contributed by atoms with van der Waals surface area (Å²) in [5.41, 5.74) is 4.18. The quantitative estimate of drug-likeness (QED) is 0.773. The van der Waals surface area contributed by atoms with E-state index in [4.69, 9.17) is 0 Å². The van der Waals surface area contributed by atoms with Gasteiger partial charge in [-0.25, -0.2) is 0 Å². The molecular formula is C15H18N2O. The van der Waals surface area contributed by atoms with Crippen molar-refractivity contribution in [2.75, 3.05) is 0 Å². The average Bonchev–Trinajstić information content (AvgIpc) is 2.70. The normalized spacial score (nSPS) is 10.6. The Labute approximate surface area is 107 Å². The van der Waals surface area contributed by atoms with Crippen molar-refractivity contribution < 1.29 is 4.79 Å². The lowest BCUT2D eigenvalue weighted by Gasteiger charge is -2.05. The lowest BCUT2D eigenvalue weighted by atomic mass is 10.0. The van der Waals surface area contributed by atoms with Crippen LogP contribution in [0.15, 0.2) is 30.5 Å². The van der Waals surface area contributed by atoms with Crippen LogP contribution in [0.25, 0.3) is 0 Å². The van der Waals surface area contributed by atoms with Gasteiger partial charge in [0, 0.05) is 30.9 Å². The van der Waals surface area contributed by atoms with Crippen LogP contribution < -0.4 is 0 Å².